The normalized spacial score (nSPS) is 18.6. The summed E-state index contributed by atoms with van der Waals surface area (Å²) in [4.78, 5) is 2.38. The maximum atomic E-state index is 5.88. The van der Waals surface area contributed by atoms with Gasteiger partial charge >= 0.3 is 0 Å². The third kappa shape index (κ3) is 1.79. The van der Waals surface area contributed by atoms with Gasteiger partial charge < -0.3 is 4.90 Å². The summed E-state index contributed by atoms with van der Waals surface area (Å²) in [6, 6.07) is 19.2. The van der Waals surface area contributed by atoms with Crippen LogP contribution in [0.2, 0.25) is 5.02 Å². The largest absolute Gasteiger partial charge is 0.360 e. The topological polar surface area (TPSA) is 3.01 Å². The maximum Gasteiger partial charge on any atom is 0.0718 e. The summed E-state index contributed by atoms with van der Waals surface area (Å²) in [5.41, 5.74) is 2.63. The van der Waals surface area contributed by atoms with Crippen molar-refractivity contribution in [2.45, 2.75) is 6.04 Å². The van der Waals surface area contributed by atoms with Crippen LogP contribution in [0.3, 0.4) is 0 Å². The third-order valence-corrected chi connectivity index (χ3v) is 3.21. The fraction of sp³-hybridized carbons (Fsp3) is 0.143. The summed E-state index contributed by atoms with van der Waals surface area (Å²) < 4.78 is 0. The second kappa shape index (κ2) is 3.84. The minimum atomic E-state index is 0.527. The second-order valence-electron chi connectivity index (χ2n) is 4.06. The lowest BCUT2D eigenvalue weighted by Gasteiger charge is -2.05. The van der Waals surface area contributed by atoms with Gasteiger partial charge in [-0.3, -0.25) is 0 Å². The number of nitrogens with zero attached hydrogens (tertiary/aromatic N) is 1. The molecule has 1 aliphatic rings. The molecular weight excluding hydrogens is 218 g/mol. The van der Waals surface area contributed by atoms with Crippen molar-refractivity contribution in [3.05, 3.63) is 65.2 Å². The van der Waals surface area contributed by atoms with E-state index in [-0.39, 0.29) is 0 Å². The summed E-state index contributed by atoms with van der Waals surface area (Å²) >= 11 is 5.88. The monoisotopic (exact) mass is 229 g/mol. The van der Waals surface area contributed by atoms with Gasteiger partial charge in [0.15, 0.2) is 0 Å². The van der Waals surface area contributed by atoms with Gasteiger partial charge in [0.2, 0.25) is 0 Å². The Labute approximate surface area is 100 Å². The fourth-order valence-electron chi connectivity index (χ4n) is 2.01. The molecule has 1 aliphatic heterocycles. The Kier molecular flexibility index (Phi) is 2.33. The molecule has 16 heavy (non-hydrogen) atoms. The van der Waals surface area contributed by atoms with Crippen LogP contribution in [0.25, 0.3) is 0 Å². The van der Waals surface area contributed by atoms with Crippen molar-refractivity contribution in [1.82, 2.24) is 0 Å². The second-order valence-corrected chi connectivity index (χ2v) is 4.49. The van der Waals surface area contributed by atoms with Crippen LogP contribution in [-0.2, 0) is 0 Å². The molecule has 0 N–H and O–H groups in total. The minimum absolute atomic E-state index is 0.527. The molecule has 0 aliphatic carbocycles. The first-order valence-corrected chi connectivity index (χ1v) is 5.79. The molecule has 0 radical (unpaired) electrons. The molecule has 1 unspecified atom stereocenters. The van der Waals surface area contributed by atoms with E-state index in [2.05, 4.69) is 41.3 Å². The Morgan fingerprint density at radius 2 is 1.62 bits per heavy atom. The van der Waals surface area contributed by atoms with Gasteiger partial charge in [-0.1, -0.05) is 41.9 Å². The van der Waals surface area contributed by atoms with E-state index in [0.29, 0.717) is 6.04 Å². The van der Waals surface area contributed by atoms with Gasteiger partial charge in [0, 0.05) is 17.3 Å². The molecule has 2 aromatic rings. The number of hydrogen-bond acceptors (Lipinski definition) is 1. The van der Waals surface area contributed by atoms with Crippen LogP contribution in [0.5, 0.6) is 0 Å². The number of para-hydroxylation sites is 1. The van der Waals surface area contributed by atoms with Crippen molar-refractivity contribution >= 4 is 17.3 Å². The number of rotatable bonds is 2. The van der Waals surface area contributed by atoms with Crippen LogP contribution in [-0.4, -0.2) is 6.54 Å². The molecule has 0 bridgehead atoms. The van der Waals surface area contributed by atoms with Crippen molar-refractivity contribution in [3.63, 3.8) is 0 Å². The molecule has 3 rings (SSSR count). The summed E-state index contributed by atoms with van der Waals surface area (Å²) in [5, 5.41) is 0.802. The van der Waals surface area contributed by atoms with Gasteiger partial charge in [-0.25, -0.2) is 0 Å². The van der Waals surface area contributed by atoms with Crippen molar-refractivity contribution < 1.29 is 0 Å². The Balaban J connectivity index is 1.79. The van der Waals surface area contributed by atoms with Gasteiger partial charge in [0.1, 0.15) is 0 Å². The van der Waals surface area contributed by atoms with Gasteiger partial charge in [0.05, 0.1) is 6.04 Å². The highest BCUT2D eigenvalue weighted by atomic mass is 35.5. The SMILES string of the molecule is Clc1ccc(C2CN2c2ccccc2)cc1. The van der Waals surface area contributed by atoms with Crippen LogP contribution >= 0.6 is 11.6 Å². The molecule has 1 atom stereocenters. The zero-order valence-electron chi connectivity index (χ0n) is 8.81. The minimum Gasteiger partial charge on any atom is -0.360 e. The van der Waals surface area contributed by atoms with Crippen LogP contribution in [0.4, 0.5) is 5.69 Å². The summed E-state index contributed by atoms with van der Waals surface area (Å²) in [5.74, 6) is 0. The molecule has 0 aromatic heterocycles. The van der Waals surface area contributed by atoms with E-state index < -0.39 is 0 Å². The van der Waals surface area contributed by atoms with Crippen molar-refractivity contribution in [2.24, 2.45) is 0 Å². The molecule has 2 aromatic carbocycles. The van der Waals surface area contributed by atoms with Crippen molar-refractivity contribution in [2.75, 3.05) is 11.4 Å². The number of hydrogen-bond donors (Lipinski definition) is 0. The van der Waals surface area contributed by atoms with E-state index in [1.807, 2.05) is 18.2 Å². The van der Waals surface area contributed by atoms with Crippen LogP contribution in [0.1, 0.15) is 11.6 Å². The lowest BCUT2D eigenvalue weighted by molar-refractivity contribution is 1.13. The predicted octanol–water partition coefficient (Wildman–Crippen LogP) is 3.90. The first-order valence-electron chi connectivity index (χ1n) is 5.42. The highest BCUT2D eigenvalue weighted by molar-refractivity contribution is 6.30. The average molecular weight is 230 g/mol. The van der Waals surface area contributed by atoms with E-state index in [9.17, 15) is 0 Å². The van der Waals surface area contributed by atoms with E-state index >= 15 is 0 Å². The Morgan fingerprint density at radius 3 is 2.31 bits per heavy atom. The zero-order chi connectivity index (χ0) is 11.0. The summed E-state index contributed by atoms with van der Waals surface area (Å²) in [6.07, 6.45) is 0. The maximum absolute atomic E-state index is 5.88. The van der Waals surface area contributed by atoms with Crippen LogP contribution < -0.4 is 4.90 Å². The highest BCUT2D eigenvalue weighted by Gasteiger charge is 2.35. The van der Waals surface area contributed by atoms with E-state index in [1.165, 1.54) is 11.3 Å². The molecular formula is C14H12ClN. The van der Waals surface area contributed by atoms with E-state index in [1.54, 1.807) is 0 Å². The summed E-state index contributed by atoms with van der Waals surface area (Å²) in [6.45, 7) is 1.10. The lowest BCUT2D eigenvalue weighted by atomic mass is 10.1. The molecule has 0 saturated carbocycles. The average Bonchev–Trinajstić information content (AvgIpc) is 3.11. The molecule has 1 heterocycles. The van der Waals surface area contributed by atoms with Crippen molar-refractivity contribution in [3.8, 4) is 0 Å². The molecule has 1 saturated heterocycles. The van der Waals surface area contributed by atoms with Crippen LogP contribution in [0.15, 0.2) is 54.6 Å². The Hall–Kier alpha value is -1.47. The molecule has 0 amide bonds. The van der Waals surface area contributed by atoms with Gasteiger partial charge in [-0.15, -0.1) is 0 Å². The van der Waals surface area contributed by atoms with Gasteiger partial charge in [0.25, 0.3) is 0 Å². The Bertz CT molecular complexity index is 478. The Morgan fingerprint density at radius 1 is 0.938 bits per heavy atom. The highest BCUT2D eigenvalue weighted by Crippen LogP contribution is 2.39. The first-order chi connectivity index (χ1) is 7.84. The standard InChI is InChI=1S/C14H12ClN/c15-12-8-6-11(7-9-12)14-10-16(14)13-4-2-1-3-5-13/h1-9,14H,10H2. The lowest BCUT2D eigenvalue weighted by Crippen LogP contribution is -1.93. The smallest absolute Gasteiger partial charge is 0.0718 e. The fourth-order valence-corrected chi connectivity index (χ4v) is 2.14. The molecule has 2 heteroatoms. The van der Waals surface area contributed by atoms with E-state index in [4.69, 9.17) is 11.6 Å². The number of anilines is 1. The first kappa shape index (κ1) is 9.73. The van der Waals surface area contributed by atoms with Crippen molar-refractivity contribution in [1.29, 1.82) is 0 Å². The van der Waals surface area contributed by atoms with Gasteiger partial charge in [-0.05, 0) is 29.8 Å². The number of halogens is 1. The summed E-state index contributed by atoms with van der Waals surface area (Å²) in [7, 11) is 0. The zero-order valence-corrected chi connectivity index (χ0v) is 9.56. The molecule has 1 nitrogen and oxygen atoms in total. The van der Waals surface area contributed by atoms with Gasteiger partial charge in [-0.2, -0.15) is 0 Å². The predicted molar refractivity (Wildman–Crippen MR) is 68.0 cm³/mol. The molecule has 0 spiro atoms. The third-order valence-electron chi connectivity index (χ3n) is 2.95. The quantitative estimate of drug-likeness (QED) is 0.706. The van der Waals surface area contributed by atoms with Crippen LogP contribution in [0, 0.1) is 0 Å². The van der Waals surface area contributed by atoms with E-state index in [0.717, 1.165) is 11.6 Å². The number of benzene rings is 2. The molecule has 1 fully saturated rings. The molecule has 80 valence electrons.